The van der Waals surface area contributed by atoms with E-state index in [1.165, 1.54) is 47.9 Å². The molecule has 0 bridgehead atoms. The van der Waals surface area contributed by atoms with Crippen LogP contribution in [0.2, 0.25) is 0 Å². The molecule has 0 saturated heterocycles. The first-order valence-electron chi connectivity index (χ1n) is 8.66. The lowest BCUT2D eigenvalue weighted by molar-refractivity contribution is 0.475. The molecule has 5 heteroatoms. The fourth-order valence-corrected chi connectivity index (χ4v) is 4.78. The molecule has 2 aliphatic rings. The maximum atomic E-state index is 9.74. The van der Waals surface area contributed by atoms with Gasteiger partial charge in [-0.2, -0.15) is 0 Å². The highest BCUT2D eigenvalue weighted by Crippen LogP contribution is 2.43. The summed E-state index contributed by atoms with van der Waals surface area (Å²) < 4.78 is 0. The van der Waals surface area contributed by atoms with Crippen LogP contribution in [0, 0.1) is 0 Å². The van der Waals surface area contributed by atoms with E-state index in [0.717, 1.165) is 28.6 Å². The number of thiophene rings is 1. The van der Waals surface area contributed by atoms with Gasteiger partial charge in [-0.25, -0.2) is 9.97 Å². The number of fused-ring (bicyclic) bond motifs is 3. The van der Waals surface area contributed by atoms with Crippen molar-refractivity contribution in [1.82, 2.24) is 9.97 Å². The normalized spacial score (nSPS) is 17.0. The van der Waals surface area contributed by atoms with Crippen LogP contribution in [-0.2, 0) is 12.8 Å². The standard InChI is InChI=1S/C19H19N3OS/c23-13-5-3-4-12(10-13)20-18-16-14-6-1-2-7-15(14)24-19(16)22-17(21-18)11-8-9-11/h3-5,10-11,23H,1-2,6-9H2,(H,20,21,22). The van der Waals surface area contributed by atoms with Gasteiger partial charge in [0, 0.05) is 22.5 Å². The fourth-order valence-electron chi connectivity index (χ4n) is 3.51. The number of phenolic OH excluding ortho intramolecular Hbond substituents is 1. The summed E-state index contributed by atoms with van der Waals surface area (Å²) in [5.74, 6) is 2.67. The number of hydrogen-bond acceptors (Lipinski definition) is 5. The molecule has 0 amide bonds. The van der Waals surface area contributed by atoms with Gasteiger partial charge in [0.25, 0.3) is 0 Å². The van der Waals surface area contributed by atoms with E-state index in [1.807, 2.05) is 23.5 Å². The van der Waals surface area contributed by atoms with E-state index < -0.39 is 0 Å². The van der Waals surface area contributed by atoms with Crippen molar-refractivity contribution in [1.29, 1.82) is 0 Å². The zero-order chi connectivity index (χ0) is 16.1. The second-order valence-corrected chi connectivity index (χ2v) is 7.85. The van der Waals surface area contributed by atoms with E-state index in [0.29, 0.717) is 5.92 Å². The predicted octanol–water partition coefficient (Wildman–Crippen LogP) is 4.90. The first-order valence-corrected chi connectivity index (χ1v) is 9.48. The number of nitrogens with zero attached hydrogens (tertiary/aromatic N) is 2. The molecule has 2 heterocycles. The minimum atomic E-state index is 0.264. The topological polar surface area (TPSA) is 58.0 Å². The number of nitrogens with one attached hydrogen (secondary N) is 1. The number of rotatable bonds is 3. The molecule has 2 aliphatic carbocycles. The Morgan fingerprint density at radius 1 is 1.12 bits per heavy atom. The van der Waals surface area contributed by atoms with Gasteiger partial charge in [0.15, 0.2) is 0 Å². The lowest BCUT2D eigenvalue weighted by Gasteiger charge is -2.13. The minimum absolute atomic E-state index is 0.264. The Hall–Kier alpha value is -2.14. The lowest BCUT2D eigenvalue weighted by atomic mass is 9.97. The summed E-state index contributed by atoms with van der Waals surface area (Å²) >= 11 is 1.85. The van der Waals surface area contributed by atoms with Crippen LogP contribution in [0.4, 0.5) is 11.5 Å². The number of hydrogen-bond donors (Lipinski definition) is 2. The van der Waals surface area contributed by atoms with Crippen molar-refractivity contribution in [2.75, 3.05) is 5.32 Å². The van der Waals surface area contributed by atoms with E-state index in [-0.39, 0.29) is 5.75 Å². The van der Waals surface area contributed by atoms with Gasteiger partial charge in [-0.1, -0.05) is 6.07 Å². The number of aromatic hydroxyl groups is 1. The van der Waals surface area contributed by atoms with E-state index in [9.17, 15) is 5.11 Å². The molecule has 1 saturated carbocycles. The molecule has 1 fully saturated rings. The monoisotopic (exact) mass is 337 g/mol. The van der Waals surface area contributed by atoms with Crippen LogP contribution in [0.25, 0.3) is 10.2 Å². The van der Waals surface area contributed by atoms with Gasteiger partial charge in [-0.05, 0) is 56.2 Å². The third-order valence-corrected chi connectivity index (χ3v) is 6.07. The molecule has 2 N–H and O–H groups in total. The number of anilines is 2. The molecule has 0 radical (unpaired) electrons. The summed E-state index contributed by atoms with van der Waals surface area (Å²) in [7, 11) is 0. The smallest absolute Gasteiger partial charge is 0.143 e. The zero-order valence-electron chi connectivity index (χ0n) is 13.4. The van der Waals surface area contributed by atoms with E-state index in [1.54, 1.807) is 12.1 Å². The van der Waals surface area contributed by atoms with Crippen LogP contribution in [0.3, 0.4) is 0 Å². The SMILES string of the molecule is Oc1cccc(Nc2nc(C3CC3)nc3sc4c(c23)CCCC4)c1. The maximum absolute atomic E-state index is 9.74. The predicted molar refractivity (Wildman–Crippen MR) is 97.4 cm³/mol. The Morgan fingerprint density at radius 3 is 2.83 bits per heavy atom. The summed E-state index contributed by atoms with van der Waals surface area (Å²) in [6, 6.07) is 7.23. The zero-order valence-corrected chi connectivity index (χ0v) is 14.2. The summed E-state index contributed by atoms with van der Waals surface area (Å²) in [6.45, 7) is 0. The van der Waals surface area contributed by atoms with Crippen molar-refractivity contribution in [3.63, 3.8) is 0 Å². The highest BCUT2D eigenvalue weighted by atomic mass is 32.1. The molecule has 5 rings (SSSR count). The van der Waals surface area contributed by atoms with Gasteiger partial charge in [-0.3, -0.25) is 0 Å². The summed E-state index contributed by atoms with van der Waals surface area (Å²) in [6.07, 6.45) is 7.20. The van der Waals surface area contributed by atoms with Gasteiger partial charge < -0.3 is 10.4 Å². The van der Waals surface area contributed by atoms with Gasteiger partial charge >= 0.3 is 0 Å². The Balaban J connectivity index is 1.67. The number of aromatic nitrogens is 2. The quantitative estimate of drug-likeness (QED) is 0.714. The Bertz CT molecular complexity index is 930. The average molecular weight is 337 g/mol. The number of benzene rings is 1. The minimum Gasteiger partial charge on any atom is -0.508 e. The van der Waals surface area contributed by atoms with Gasteiger partial charge in [0.1, 0.15) is 22.2 Å². The molecule has 122 valence electrons. The van der Waals surface area contributed by atoms with Gasteiger partial charge in [-0.15, -0.1) is 11.3 Å². The van der Waals surface area contributed by atoms with Crippen LogP contribution in [-0.4, -0.2) is 15.1 Å². The Morgan fingerprint density at radius 2 is 2.00 bits per heavy atom. The van der Waals surface area contributed by atoms with Crippen LogP contribution in [0.1, 0.15) is 47.9 Å². The van der Waals surface area contributed by atoms with Gasteiger partial charge in [0.2, 0.25) is 0 Å². The second kappa shape index (κ2) is 5.45. The van der Waals surface area contributed by atoms with E-state index >= 15 is 0 Å². The van der Waals surface area contributed by atoms with E-state index in [4.69, 9.17) is 9.97 Å². The fraction of sp³-hybridized carbons (Fsp3) is 0.368. The largest absolute Gasteiger partial charge is 0.508 e. The lowest BCUT2D eigenvalue weighted by Crippen LogP contribution is -2.03. The van der Waals surface area contributed by atoms with Crippen LogP contribution in [0.15, 0.2) is 24.3 Å². The number of aryl methyl sites for hydroxylation is 2. The third kappa shape index (κ3) is 2.44. The van der Waals surface area contributed by atoms with Gasteiger partial charge in [0.05, 0.1) is 5.39 Å². The molecular weight excluding hydrogens is 318 g/mol. The molecule has 0 unspecified atom stereocenters. The molecular formula is C19H19N3OS. The molecule has 0 aliphatic heterocycles. The van der Waals surface area contributed by atoms with Crippen molar-refractivity contribution in [3.05, 3.63) is 40.5 Å². The van der Waals surface area contributed by atoms with Crippen molar-refractivity contribution in [2.45, 2.75) is 44.4 Å². The van der Waals surface area contributed by atoms with Crippen LogP contribution >= 0.6 is 11.3 Å². The van der Waals surface area contributed by atoms with Crippen molar-refractivity contribution >= 4 is 33.1 Å². The molecule has 3 aromatic rings. The molecule has 2 aromatic heterocycles. The summed E-state index contributed by atoms with van der Waals surface area (Å²) in [5.41, 5.74) is 2.30. The molecule has 0 atom stereocenters. The highest BCUT2D eigenvalue weighted by Gasteiger charge is 2.29. The summed E-state index contributed by atoms with van der Waals surface area (Å²) in [5, 5.41) is 14.4. The maximum Gasteiger partial charge on any atom is 0.143 e. The number of phenols is 1. The van der Waals surface area contributed by atoms with Crippen molar-refractivity contribution in [2.24, 2.45) is 0 Å². The first-order chi connectivity index (χ1) is 11.8. The Labute approximate surface area is 144 Å². The molecule has 0 spiro atoms. The molecule has 24 heavy (non-hydrogen) atoms. The first kappa shape index (κ1) is 14.2. The summed E-state index contributed by atoms with van der Waals surface area (Å²) in [4.78, 5) is 12.4. The third-order valence-electron chi connectivity index (χ3n) is 4.88. The van der Waals surface area contributed by atoms with E-state index in [2.05, 4.69) is 5.32 Å². The second-order valence-electron chi connectivity index (χ2n) is 6.77. The molecule has 1 aromatic carbocycles. The Kier molecular flexibility index (Phi) is 3.23. The average Bonchev–Trinajstić information content (AvgIpc) is 3.35. The highest BCUT2D eigenvalue weighted by molar-refractivity contribution is 7.19. The molecule has 4 nitrogen and oxygen atoms in total. The van der Waals surface area contributed by atoms with Crippen molar-refractivity contribution < 1.29 is 5.11 Å². The van der Waals surface area contributed by atoms with Crippen LogP contribution < -0.4 is 5.32 Å². The van der Waals surface area contributed by atoms with Crippen LogP contribution in [0.5, 0.6) is 5.75 Å². The van der Waals surface area contributed by atoms with Crippen molar-refractivity contribution in [3.8, 4) is 5.75 Å².